The van der Waals surface area contributed by atoms with Crippen LogP contribution in [0.2, 0.25) is 0 Å². The topological polar surface area (TPSA) is 114 Å². The number of amides is 1. The zero-order valence-corrected chi connectivity index (χ0v) is 22.9. The Balaban J connectivity index is 1.41. The fourth-order valence-corrected chi connectivity index (χ4v) is 6.67. The van der Waals surface area contributed by atoms with Crippen LogP contribution in [0.15, 0.2) is 36.5 Å². The molecule has 0 saturated carbocycles. The number of nitrogens with zero attached hydrogens (tertiary/aromatic N) is 2. The standard InChI is InChI=1S/C27H29N5O4S2/c1-35-12-11-28-10-8-23(33)32-26-24(18-7-9-29-15-22(18)38-26)25-31-20-13-16(4-6-21(20)37-25)17-3-5-19(30-14-17)27(34)36-2/h3-6,13-14,28-29H,7-12,15H2,1-2H3,(H,32,33). The van der Waals surface area contributed by atoms with Crippen LogP contribution in [0.25, 0.3) is 31.9 Å². The highest BCUT2D eigenvalue weighted by molar-refractivity contribution is 7.23. The number of anilines is 1. The molecular weight excluding hydrogens is 522 g/mol. The summed E-state index contributed by atoms with van der Waals surface area (Å²) in [7, 11) is 3.00. The van der Waals surface area contributed by atoms with Gasteiger partial charge in [-0.15, -0.1) is 22.7 Å². The molecule has 1 amide bonds. The van der Waals surface area contributed by atoms with Crippen molar-refractivity contribution in [3.8, 4) is 21.7 Å². The van der Waals surface area contributed by atoms with E-state index in [4.69, 9.17) is 14.5 Å². The molecule has 5 rings (SSSR count). The van der Waals surface area contributed by atoms with Gasteiger partial charge < -0.3 is 25.4 Å². The van der Waals surface area contributed by atoms with Crippen LogP contribution >= 0.6 is 22.7 Å². The number of thiazole rings is 1. The van der Waals surface area contributed by atoms with E-state index in [9.17, 15) is 9.59 Å². The molecule has 0 bridgehead atoms. The summed E-state index contributed by atoms with van der Waals surface area (Å²) in [5.74, 6) is -0.482. The van der Waals surface area contributed by atoms with E-state index in [1.54, 1.807) is 42.0 Å². The molecule has 4 heterocycles. The van der Waals surface area contributed by atoms with Crippen LogP contribution < -0.4 is 16.0 Å². The molecule has 198 valence electrons. The molecule has 3 aromatic heterocycles. The van der Waals surface area contributed by atoms with Gasteiger partial charge in [0.15, 0.2) is 0 Å². The molecular formula is C27H29N5O4S2. The maximum Gasteiger partial charge on any atom is 0.356 e. The fraction of sp³-hybridized carbons (Fsp3) is 0.333. The van der Waals surface area contributed by atoms with E-state index in [1.165, 1.54) is 17.6 Å². The minimum absolute atomic E-state index is 0.0194. The summed E-state index contributed by atoms with van der Waals surface area (Å²) in [6, 6.07) is 9.64. The smallest absolute Gasteiger partial charge is 0.356 e. The van der Waals surface area contributed by atoms with Gasteiger partial charge in [-0.1, -0.05) is 12.1 Å². The number of ether oxygens (including phenoxy) is 2. The molecule has 1 aromatic carbocycles. The molecule has 0 atom stereocenters. The molecule has 0 aliphatic carbocycles. The van der Waals surface area contributed by atoms with E-state index in [0.717, 1.165) is 56.4 Å². The second-order valence-electron chi connectivity index (χ2n) is 8.80. The van der Waals surface area contributed by atoms with Crippen molar-refractivity contribution < 1.29 is 19.1 Å². The zero-order chi connectivity index (χ0) is 26.5. The lowest BCUT2D eigenvalue weighted by Gasteiger charge is -2.13. The van der Waals surface area contributed by atoms with Gasteiger partial charge in [-0.3, -0.25) is 4.79 Å². The summed E-state index contributed by atoms with van der Waals surface area (Å²) in [6.45, 7) is 3.62. The first kappa shape index (κ1) is 26.4. The molecule has 11 heteroatoms. The molecule has 9 nitrogen and oxygen atoms in total. The third-order valence-corrected chi connectivity index (χ3v) is 8.49. The van der Waals surface area contributed by atoms with E-state index >= 15 is 0 Å². The number of thiophene rings is 1. The van der Waals surface area contributed by atoms with E-state index in [-0.39, 0.29) is 11.6 Å². The Hall–Kier alpha value is -3.22. The van der Waals surface area contributed by atoms with Crippen LogP contribution in [0, 0.1) is 0 Å². The summed E-state index contributed by atoms with van der Waals surface area (Å²) < 4.78 is 10.8. The van der Waals surface area contributed by atoms with Crippen molar-refractivity contribution in [2.45, 2.75) is 19.4 Å². The van der Waals surface area contributed by atoms with Gasteiger partial charge >= 0.3 is 5.97 Å². The van der Waals surface area contributed by atoms with Gasteiger partial charge in [0, 0.05) is 55.4 Å². The first-order valence-corrected chi connectivity index (χ1v) is 14.0. The fourth-order valence-electron chi connectivity index (χ4n) is 4.34. The normalized spacial score (nSPS) is 12.9. The van der Waals surface area contributed by atoms with E-state index in [2.05, 4.69) is 27.0 Å². The third-order valence-electron chi connectivity index (χ3n) is 6.29. The number of methoxy groups -OCH3 is 2. The van der Waals surface area contributed by atoms with Crippen LogP contribution in [0.1, 0.15) is 27.3 Å². The average molecular weight is 552 g/mol. The lowest BCUT2D eigenvalue weighted by atomic mass is 10.0. The molecule has 0 radical (unpaired) electrons. The lowest BCUT2D eigenvalue weighted by molar-refractivity contribution is -0.116. The Morgan fingerprint density at radius 2 is 1.97 bits per heavy atom. The van der Waals surface area contributed by atoms with Crippen molar-refractivity contribution in [3.63, 3.8) is 0 Å². The Labute approximate surface area is 228 Å². The average Bonchev–Trinajstić information content (AvgIpc) is 3.52. The van der Waals surface area contributed by atoms with Gasteiger partial charge in [-0.2, -0.15) is 0 Å². The Kier molecular flexibility index (Phi) is 8.40. The molecule has 0 unspecified atom stereocenters. The third kappa shape index (κ3) is 5.77. The summed E-state index contributed by atoms with van der Waals surface area (Å²) in [5.41, 5.74) is 5.31. The maximum absolute atomic E-state index is 12.8. The number of hydrogen-bond acceptors (Lipinski definition) is 10. The molecule has 1 aliphatic rings. The number of rotatable bonds is 10. The number of aromatic nitrogens is 2. The second kappa shape index (κ2) is 12.1. The van der Waals surface area contributed by atoms with Crippen molar-refractivity contribution in [2.24, 2.45) is 0 Å². The van der Waals surface area contributed by atoms with Crippen molar-refractivity contribution in [3.05, 3.63) is 52.7 Å². The highest BCUT2D eigenvalue weighted by Crippen LogP contribution is 2.45. The lowest BCUT2D eigenvalue weighted by Crippen LogP contribution is -2.24. The second-order valence-corrected chi connectivity index (χ2v) is 10.9. The van der Waals surface area contributed by atoms with Crippen molar-refractivity contribution in [1.29, 1.82) is 0 Å². The van der Waals surface area contributed by atoms with Crippen molar-refractivity contribution >= 4 is 49.8 Å². The number of nitrogens with one attached hydrogen (secondary N) is 3. The van der Waals surface area contributed by atoms with Crippen molar-refractivity contribution in [2.75, 3.05) is 45.8 Å². The maximum atomic E-state index is 12.8. The summed E-state index contributed by atoms with van der Waals surface area (Å²) in [6.07, 6.45) is 2.95. The molecule has 0 saturated heterocycles. The number of carbonyl (C=O) groups excluding carboxylic acids is 2. The highest BCUT2D eigenvalue weighted by atomic mass is 32.1. The molecule has 0 spiro atoms. The van der Waals surface area contributed by atoms with E-state index in [1.807, 2.05) is 18.2 Å². The Morgan fingerprint density at radius 1 is 1.11 bits per heavy atom. The van der Waals surface area contributed by atoms with E-state index in [0.29, 0.717) is 26.1 Å². The molecule has 0 fully saturated rings. The van der Waals surface area contributed by atoms with Gasteiger partial charge in [-0.25, -0.2) is 14.8 Å². The quantitative estimate of drug-likeness (QED) is 0.200. The highest BCUT2D eigenvalue weighted by Gasteiger charge is 2.25. The van der Waals surface area contributed by atoms with Crippen LogP contribution in [-0.4, -0.2) is 62.3 Å². The summed E-state index contributed by atoms with van der Waals surface area (Å²) in [5, 5.41) is 11.6. The first-order chi connectivity index (χ1) is 18.6. The van der Waals surface area contributed by atoms with Crippen LogP contribution in [-0.2, 0) is 27.2 Å². The molecule has 38 heavy (non-hydrogen) atoms. The summed E-state index contributed by atoms with van der Waals surface area (Å²) >= 11 is 3.26. The van der Waals surface area contributed by atoms with Crippen LogP contribution in [0.5, 0.6) is 0 Å². The predicted molar refractivity (Wildman–Crippen MR) is 151 cm³/mol. The van der Waals surface area contributed by atoms with Gasteiger partial charge in [-0.05, 0) is 42.3 Å². The van der Waals surface area contributed by atoms with Gasteiger partial charge in [0.25, 0.3) is 0 Å². The molecule has 4 aromatic rings. The SMILES string of the molecule is COCCNCCC(=O)Nc1sc2c(c1-c1nc3cc(-c4ccc(C(=O)OC)nc4)ccc3s1)CCNC2. The number of fused-ring (bicyclic) bond motifs is 2. The van der Waals surface area contributed by atoms with Crippen LogP contribution in [0.4, 0.5) is 5.00 Å². The predicted octanol–water partition coefficient (Wildman–Crippen LogP) is 4.08. The number of hydrogen-bond donors (Lipinski definition) is 3. The van der Waals surface area contributed by atoms with Gasteiger partial charge in [0.1, 0.15) is 15.7 Å². The largest absolute Gasteiger partial charge is 0.464 e. The molecule has 3 N–H and O–H groups in total. The Morgan fingerprint density at radius 3 is 2.76 bits per heavy atom. The number of pyridine rings is 1. The van der Waals surface area contributed by atoms with Crippen LogP contribution in [0.3, 0.4) is 0 Å². The minimum atomic E-state index is -0.462. The number of esters is 1. The number of carbonyl (C=O) groups is 2. The van der Waals surface area contributed by atoms with Gasteiger partial charge in [0.2, 0.25) is 5.91 Å². The van der Waals surface area contributed by atoms with E-state index < -0.39 is 5.97 Å². The Bertz CT molecular complexity index is 1450. The van der Waals surface area contributed by atoms with Crippen molar-refractivity contribution in [1.82, 2.24) is 20.6 Å². The monoisotopic (exact) mass is 551 g/mol. The zero-order valence-electron chi connectivity index (χ0n) is 21.3. The molecule has 1 aliphatic heterocycles. The minimum Gasteiger partial charge on any atom is -0.464 e. The number of benzene rings is 1. The first-order valence-electron chi connectivity index (χ1n) is 12.4. The van der Waals surface area contributed by atoms with Gasteiger partial charge in [0.05, 0.1) is 23.9 Å². The summed E-state index contributed by atoms with van der Waals surface area (Å²) in [4.78, 5) is 34.9.